The molecule has 2 atom stereocenters. The first-order chi connectivity index (χ1) is 9.06. The lowest BCUT2D eigenvalue weighted by molar-refractivity contribution is 0.101. The normalized spacial score (nSPS) is 25.6. The fraction of sp³-hybridized carbons (Fsp3) is 0.611. The van der Waals surface area contributed by atoms with E-state index in [1.807, 2.05) is 0 Å². The zero-order valence-electron chi connectivity index (χ0n) is 12.4. The lowest BCUT2D eigenvalue weighted by Crippen LogP contribution is -2.21. The minimum Gasteiger partial charge on any atom is -0.294 e. The Bertz CT molecular complexity index is 489. The van der Waals surface area contributed by atoms with Gasteiger partial charge >= 0.3 is 0 Å². The molecule has 0 N–H and O–H groups in total. The highest BCUT2D eigenvalue weighted by atomic mass is 16.1. The highest BCUT2D eigenvalue weighted by Crippen LogP contribution is 2.36. The van der Waals surface area contributed by atoms with Crippen LogP contribution in [0.4, 0.5) is 0 Å². The summed E-state index contributed by atoms with van der Waals surface area (Å²) < 4.78 is 0. The van der Waals surface area contributed by atoms with Crippen molar-refractivity contribution in [3.63, 3.8) is 0 Å². The summed E-state index contributed by atoms with van der Waals surface area (Å²) in [5.41, 5.74) is 6.82. The van der Waals surface area contributed by atoms with E-state index < -0.39 is 0 Å². The summed E-state index contributed by atoms with van der Waals surface area (Å²) in [6.45, 7) is 6.42. The van der Waals surface area contributed by atoms with Crippen LogP contribution in [0.3, 0.4) is 0 Å². The Morgan fingerprint density at radius 1 is 1.00 bits per heavy atom. The van der Waals surface area contributed by atoms with Crippen LogP contribution in [0.1, 0.15) is 66.2 Å². The van der Waals surface area contributed by atoms with Gasteiger partial charge < -0.3 is 0 Å². The third-order valence-electron chi connectivity index (χ3n) is 4.99. The third kappa shape index (κ3) is 2.24. The molecule has 2 aliphatic carbocycles. The largest absolute Gasteiger partial charge is 0.294 e. The summed E-state index contributed by atoms with van der Waals surface area (Å²) in [4.78, 5) is 12.2. The topological polar surface area (TPSA) is 17.1 Å². The smallest absolute Gasteiger partial charge is 0.160 e. The Balaban J connectivity index is 2.17. The van der Waals surface area contributed by atoms with Crippen LogP contribution >= 0.6 is 0 Å². The molecule has 0 aliphatic heterocycles. The number of rotatable bonds is 1. The maximum atomic E-state index is 12.2. The standard InChI is InChI=1S/C18H24O/c1-11-4-6-16-14(8-11)10-15-9-12(2)5-7-17(15)18(16)13(3)19/h10-12H,4-9H2,1-3H3. The van der Waals surface area contributed by atoms with E-state index in [0.717, 1.165) is 43.1 Å². The van der Waals surface area contributed by atoms with Crippen molar-refractivity contribution in [3.05, 3.63) is 33.9 Å². The monoisotopic (exact) mass is 256 g/mol. The number of benzene rings is 1. The molecule has 1 heteroatoms. The van der Waals surface area contributed by atoms with E-state index in [1.165, 1.54) is 35.1 Å². The van der Waals surface area contributed by atoms with Gasteiger partial charge in [0.2, 0.25) is 0 Å². The molecule has 0 radical (unpaired) electrons. The van der Waals surface area contributed by atoms with Crippen molar-refractivity contribution >= 4 is 5.78 Å². The molecule has 0 saturated heterocycles. The molecule has 1 aromatic rings. The molecular formula is C18H24O. The molecule has 0 heterocycles. The van der Waals surface area contributed by atoms with Crippen molar-refractivity contribution in [1.29, 1.82) is 0 Å². The first-order valence-corrected chi connectivity index (χ1v) is 7.73. The fourth-order valence-corrected chi connectivity index (χ4v) is 3.98. The van der Waals surface area contributed by atoms with Crippen molar-refractivity contribution in [3.8, 4) is 0 Å². The van der Waals surface area contributed by atoms with Gasteiger partial charge in [0.25, 0.3) is 0 Å². The van der Waals surface area contributed by atoms with Crippen LogP contribution in [0.5, 0.6) is 0 Å². The van der Waals surface area contributed by atoms with Crippen molar-refractivity contribution in [2.45, 2.75) is 59.3 Å². The maximum absolute atomic E-state index is 12.2. The van der Waals surface area contributed by atoms with E-state index in [1.54, 1.807) is 6.92 Å². The first-order valence-electron chi connectivity index (χ1n) is 7.73. The van der Waals surface area contributed by atoms with Crippen LogP contribution in [-0.4, -0.2) is 5.78 Å². The van der Waals surface area contributed by atoms with Gasteiger partial charge in [-0.15, -0.1) is 0 Å². The molecule has 3 rings (SSSR count). The molecule has 0 bridgehead atoms. The van der Waals surface area contributed by atoms with Crippen LogP contribution < -0.4 is 0 Å². The molecule has 0 aromatic heterocycles. The third-order valence-corrected chi connectivity index (χ3v) is 4.99. The summed E-state index contributed by atoms with van der Waals surface area (Å²) >= 11 is 0. The van der Waals surface area contributed by atoms with Crippen LogP contribution in [0, 0.1) is 11.8 Å². The zero-order valence-corrected chi connectivity index (χ0v) is 12.4. The predicted molar refractivity (Wildman–Crippen MR) is 78.8 cm³/mol. The SMILES string of the molecule is CC(=O)c1c2c(cc3c1CCC(C)C3)CC(C)CC2. The lowest BCUT2D eigenvalue weighted by atomic mass is 9.74. The van der Waals surface area contributed by atoms with Crippen LogP contribution in [0.25, 0.3) is 0 Å². The molecule has 0 fully saturated rings. The molecule has 0 spiro atoms. The van der Waals surface area contributed by atoms with E-state index in [-0.39, 0.29) is 5.78 Å². The van der Waals surface area contributed by atoms with E-state index in [0.29, 0.717) is 0 Å². The number of carbonyl (C=O) groups excluding carboxylic acids is 1. The van der Waals surface area contributed by atoms with Gasteiger partial charge in [0.05, 0.1) is 0 Å². The second-order valence-corrected chi connectivity index (χ2v) is 6.78. The minimum atomic E-state index is 0.289. The molecule has 102 valence electrons. The second kappa shape index (κ2) is 4.77. The van der Waals surface area contributed by atoms with Gasteiger partial charge in [-0.3, -0.25) is 4.79 Å². The number of hydrogen-bond donors (Lipinski definition) is 0. The van der Waals surface area contributed by atoms with Crippen molar-refractivity contribution < 1.29 is 4.79 Å². The average Bonchev–Trinajstić information content (AvgIpc) is 2.35. The predicted octanol–water partition coefficient (Wildman–Crippen LogP) is 4.14. The number of fused-ring (bicyclic) bond motifs is 2. The van der Waals surface area contributed by atoms with Gasteiger partial charge in [-0.25, -0.2) is 0 Å². The summed E-state index contributed by atoms with van der Waals surface area (Å²) in [5, 5.41) is 0. The lowest BCUT2D eigenvalue weighted by Gasteiger charge is -2.30. The molecule has 0 saturated carbocycles. The second-order valence-electron chi connectivity index (χ2n) is 6.78. The Hall–Kier alpha value is -1.11. The van der Waals surface area contributed by atoms with Crippen molar-refractivity contribution in [1.82, 2.24) is 0 Å². The van der Waals surface area contributed by atoms with E-state index >= 15 is 0 Å². The molecule has 1 aromatic carbocycles. The van der Waals surface area contributed by atoms with E-state index in [9.17, 15) is 4.79 Å². The summed E-state index contributed by atoms with van der Waals surface area (Å²) in [6, 6.07) is 2.43. The van der Waals surface area contributed by atoms with Crippen LogP contribution in [-0.2, 0) is 25.7 Å². The van der Waals surface area contributed by atoms with Gasteiger partial charge in [-0.2, -0.15) is 0 Å². The number of ketones is 1. The Morgan fingerprint density at radius 3 is 1.89 bits per heavy atom. The number of Topliss-reactive ketones (excluding diaryl/α,β-unsaturated/α-hetero) is 1. The quantitative estimate of drug-likeness (QED) is 0.690. The van der Waals surface area contributed by atoms with Gasteiger partial charge in [0, 0.05) is 5.56 Å². The van der Waals surface area contributed by atoms with Gasteiger partial charge in [0.1, 0.15) is 0 Å². The fourth-order valence-electron chi connectivity index (χ4n) is 3.98. The summed E-state index contributed by atoms with van der Waals surface area (Å²) in [6.07, 6.45) is 7.02. The van der Waals surface area contributed by atoms with E-state index in [4.69, 9.17) is 0 Å². The number of hydrogen-bond acceptors (Lipinski definition) is 1. The molecule has 0 amide bonds. The minimum absolute atomic E-state index is 0.289. The molecule has 1 nitrogen and oxygen atoms in total. The Kier molecular flexibility index (Phi) is 3.24. The average molecular weight is 256 g/mol. The number of carbonyl (C=O) groups is 1. The van der Waals surface area contributed by atoms with Crippen molar-refractivity contribution in [2.75, 3.05) is 0 Å². The zero-order chi connectivity index (χ0) is 13.6. The molecule has 2 unspecified atom stereocenters. The molecule has 19 heavy (non-hydrogen) atoms. The Morgan fingerprint density at radius 2 is 1.47 bits per heavy atom. The van der Waals surface area contributed by atoms with Crippen LogP contribution in [0.15, 0.2) is 6.07 Å². The highest BCUT2D eigenvalue weighted by molar-refractivity contribution is 5.98. The van der Waals surface area contributed by atoms with Crippen molar-refractivity contribution in [2.24, 2.45) is 11.8 Å². The van der Waals surface area contributed by atoms with Gasteiger partial charge in [-0.05, 0) is 79.5 Å². The van der Waals surface area contributed by atoms with Gasteiger partial charge in [0.15, 0.2) is 5.78 Å². The highest BCUT2D eigenvalue weighted by Gasteiger charge is 2.27. The maximum Gasteiger partial charge on any atom is 0.160 e. The van der Waals surface area contributed by atoms with Gasteiger partial charge in [-0.1, -0.05) is 19.9 Å². The first kappa shape index (κ1) is 12.9. The van der Waals surface area contributed by atoms with E-state index in [2.05, 4.69) is 19.9 Å². The Labute approximate surface area is 116 Å². The van der Waals surface area contributed by atoms with Crippen LogP contribution in [0.2, 0.25) is 0 Å². The molecule has 2 aliphatic rings. The summed E-state index contributed by atoms with van der Waals surface area (Å²) in [5.74, 6) is 1.83. The molecular weight excluding hydrogens is 232 g/mol. The summed E-state index contributed by atoms with van der Waals surface area (Å²) in [7, 11) is 0.